The van der Waals surface area contributed by atoms with Crippen molar-refractivity contribution in [2.24, 2.45) is 0 Å². The molecule has 1 amide bonds. The molecule has 1 fully saturated rings. The molecule has 100 valence electrons. The number of carbonyl (C=O) groups is 1. The van der Waals surface area contributed by atoms with Crippen LogP contribution >= 0.6 is 0 Å². The largest absolute Gasteiger partial charge is 0.431 e. The Hall–Kier alpha value is -1.56. The van der Waals surface area contributed by atoms with E-state index in [9.17, 15) is 9.90 Å². The number of piperidine rings is 1. The summed E-state index contributed by atoms with van der Waals surface area (Å²) in [5, 5.41) is 12.2. The van der Waals surface area contributed by atoms with E-state index in [2.05, 4.69) is 10.3 Å². The van der Waals surface area contributed by atoms with E-state index in [1.165, 1.54) is 6.26 Å². The van der Waals surface area contributed by atoms with E-state index < -0.39 is 0 Å². The minimum absolute atomic E-state index is 0.205. The summed E-state index contributed by atoms with van der Waals surface area (Å²) in [6.45, 7) is 4.04. The van der Waals surface area contributed by atoms with Crippen LogP contribution < -0.4 is 10.2 Å². The van der Waals surface area contributed by atoms with Crippen LogP contribution in [0.3, 0.4) is 0 Å². The predicted molar refractivity (Wildman–Crippen MR) is 66.6 cm³/mol. The van der Waals surface area contributed by atoms with Crippen LogP contribution in [-0.4, -0.2) is 41.7 Å². The third kappa shape index (κ3) is 3.01. The van der Waals surface area contributed by atoms with Crippen molar-refractivity contribution in [3.8, 4) is 0 Å². The van der Waals surface area contributed by atoms with Crippen LogP contribution in [0.2, 0.25) is 0 Å². The number of nitrogens with zero attached hydrogens (tertiary/aromatic N) is 2. The van der Waals surface area contributed by atoms with Crippen molar-refractivity contribution in [1.82, 2.24) is 10.3 Å². The van der Waals surface area contributed by atoms with Gasteiger partial charge in [-0.2, -0.15) is 4.98 Å². The minimum atomic E-state index is -0.233. The van der Waals surface area contributed by atoms with Crippen molar-refractivity contribution < 1.29 is 14.3 Å². The SMILES string of the molecule is CCCNC(=O)c1coc(N2CCC(O)CC2)n1. The molecule has 0 bridgehead atoms. The van der Waals surface area contributed by atoms with Crippen LogP contribution in [-0.2, 0) is 0 Å². The summed E-state index contributed by atoms with van der Waals surface area (Å²) in [4.78, 5) is 17.8. The molecule has 0 atom stereocenters. The molecule has 2 heterocycles. The molecule has 6 heteroatoms. The van der Waals surface area contributed by atoms with Gasteiger partial charge in [0.25, 0.3) is 11.9 Å². The fourth-order valence-corrected chi connectivity index (χ4v) is 1.90. The first-order valence-electron chi connectivity index (χ1n) is 6.37. The second-order valence-electron chi connectivity index (χ2n) is 4.49. The van der Waals surface area contributed by atoms with E-state index in [0.717, 1.165) is 6.42 Å². The molecule has 1 saturated heterocycles. The number of amides is 1. The highest BCUT2D eigenvalue weighted by Gasteiger charge is 2.22. The summed E-state index contributed by atoms with van der Waals surface area (Å²) in [5.41, 5.74) is 0.310. The molecule has 1 aromatic rings. The van der Waals surface area contributed by atoms with Gasteiger partial charge in [0.2, 0.25) is 0 Å². The zero-order valence-corrected chi connectivity index (χ0v) is 10.6. The number of aliphatic hydroxyl groups excluding tert-OH is 1. The molecular formula is C12H19N3O3. The number of aliphatic hydroxyl groups is 1. The Morgan fingerprint density at radius 3 is 3.00 bits per heavy atom. The lowest BCUT2D eigenvalue weighted by molar-refractivity contribution is 0.0948. The molecule has 0 saturated carbocycles. The monoisotopic (exact) mass is 253 g/mol. The topological polar surface area (TPSA) is 78.6 Å². The standard InChI is InChI=1S/C12H19N3O3/c1-2-5-13-11(17)10-8-18-12(14-10)15-6-3-9(16)4-7-15/h8-9,16H,2-7H2,1H3,(H,13,17). The lowest BCUT2D eigenvalue weighted by Crippen LogP contribution is -2.36. The first-order chi connectivity index (χ1) is 8.70. The van der Waals surface area contributed by atoms with Gasteiger partial charge in [-0.05, 0) is 19.3 Å². The Morgan fingerprint density at radius 2 is 2.33 bits per heavy atom. The second-order valence-corrected chi connectivity index (χ2v) is 4.49. The molecule has 0 aromatic carbocycles. The smallest absolute Gasteiger partial charge is 0.297 e. The lowest BCUT2D eigenvalue weighted by atomic mass is 10.1. The first-order valence-corrected chi connectivity index (χ1v) is 6.37. The highest BCUT2D eigenvalue weighted by molar-refractivity contribution is 5.92. The zero-order valence-electron chi connectivity index (χ0n) is 10.6. The molecule has 0 radical (unpaired) electrons. The first kappa shape index (κ1) is 12.9. The average Bonchev–Trinajstić information content (AvgIpc) is 2.86. The van der Waals surface area contributed by atoms with Gasteiger partial charge in [-0.1, -0.05) is 6.92 Å². The van der Waals surface area contributed by atoms with E-state index in [-0.39, 0.29) is 12.0 Å². The Bertz CT molecular complexity index is 397. The van der Waals surface area contributed by atoms with Gasteiger partial charge in [-0.3, -0.25) is 4.79 Å². The van der Waals surface area contributed by atoms with Crippen molar-refractivity contribution in [3.63, 3.8) is 0 Å². The van der Waals surface area contributed by atoms with Crippen molar-refractivity contribution in [2.75, 3.05) is 24.5 Å². The summed E-state index contributed by atoms with van der Waals surface area (Å²) < 4.78 is 5.31. The average molecular weight is 253 g/mol. The number of rotatable bonds is 4. The van der Waals surface area contributed by atoms with E-state index in [1.54, 1.807) is 0 Å². The van der Waals surface area contributed by atoms with Crippen molar-refractivity contribution >= 4 is 11.9 Å². The number of aromatic nitrogens is 1. The molecule has 0 unspecified atom stereocenters. The highest BCUT2D eigenvalue weighted by atomic mass is 16.4. The van der Waals surface area contributed by atoms with Gasteiger partial charge in [-0.15, -0.1) is 0 Å². The summed E-state index contributed by atoms with van der Waals surface area (Å²) in [6.07, 6.45) is 3.45. The van der Waals surface area contributed by atoms with Crippen LogP contribution in [0, 0.1) is 0 Å². The van der Waals surface area contributed by atoms with Crippen LogP contribution in [0.25, 0.3) is 0 Å². The van der Waals surface area contributed by atoms with Gasteiger partial charge >= 0.3 is 0 Å². The fraction of sp³-hybridized carbons (Fsp3) is 0.667. The van der Waals surface area contributed by atoms with Gasteiger partial charge in [0.05, 0.1) is 6.10 Å². The van der Waals surface area contributed by atoms with Gasteiger partial charge in [0.15, 0.2) is 5.69 Å². The van der Waals surface area contributed by atoms with E-state index in [1.807, 2.05) is 11.8 Å². The second kappa shape index (κ2) is 5.86. The number of hydrogen-bond acceptors (Lipinski definition) is 5. The van der Waals surface area contributed by atoms with Crippen molar-refractivity contribution in [1.29, 1.82) is 0 Å². The van der Waals surface area contributed by atoms with Crippen LogP contribution in [0.15, 0.2) is 10.7 Å². The third-order valence-corrected chi connectivity index (χ3v) is 3.00. The van der Waals surface area contributed by atoms with Crippen LogP contribution in [0.4, 0.5) is 6.01 Å². The van der Waals surface area contributed by atoms with Crippen LogP contribution in [0.5, 0.6) is 0 Å². The number of oxazole rings is 1. The summed E-state index contributed by atoms with van der Waals surface area (Å²) in [7, 11) is 0. The molecule has 6 nitrogen and oxygen atoms in total. The maximum Gasteiger partial charge on any atom is 0.297 e. The predicted octanol–water partition coefficient (Wildman–Crippen LogP) is 0.775. The molecule has 0 spiro atoms. The third-order valence-electron chi connectivity index (χ3n) is 3.00. The van der Waals surface area contributed by atoms with Gasteiger partial charge < -0.3 is 19.7 Å². The molecule has 1 aromatic heterocycles. The normalized spacial score (nSPS) is 16.9. The van der Waals surface area contributed by atoms with Gasteiger partial charge in [0, 0.05) is 19.6 Å². The zero-order chi connectivity index (χ0) is 13.0. The fourth-order valence-electron chi connectivity index (χ4n) is 1.90. The quantitative estimate of drug-likeness (QED) is 0.829. The van der Waals surface area contributed by atoms with Gasteiger partial charge in [0.1, 0.15) is 6.26 Å². The van der Waals surface area contributed by atoms with E-state index >= 15 is 0 Å². The van der Waals surface area contributed by atoms with Crippen LogP contribution in [0.1, 0.15) is 36.7 Å². The molecule has 2 rings (SSSR count). The summed E-state index contributed by atoms with van der Waals surface area (Å²) in [6, 6.07) is 0.462. The highest BCUT2D eigenvalue weighted by Crippen LogP contribution is 2.19. The number of hydrogen-bond donors (Lipinski definition) is 2. The summed E-state index contributed by atoms with van der Waals surface area (Å²) in [5.74, 6) is -0.205. The summed E-state index contributed by atoms with van der Waals surface area (Å²) >= 11 is 0. The Morgan fingerprint density at radius 1 is 1.61 bits per heavy atom. The Labute approximate surface area is 106 Å². The number of carbonyl (C=O) groups excluding carboxylic acids is 1. The minimum Gasteiger partial charge on any atom is -0.431 e. The maximum absolute atomic E-state index is 11.7. The molecule has 2 N–H and O–H groups in total. The molecule has 1 aliphatic rings. The lowest BCUT2D eigenvalue weighted by Gasteiger charge is -2.27. The maximum atomic E-state index is 11.7. The number of nitrogens with one attached hydrogen (secondary N) is 1. The van der Waals surface area contributed by atoms with Gasteiger partial charge in [-0.25, -0.2) is 0 Å². The van der Waals surface area contributed by atoms with Crippen molar-refractivity contribution in [3.05, 3.63) is 12.0 Å². The van der Waals surface area contributed by atoms with E-state index in [0.29, 0.717) is 44.2 Å². The Balaban J connectivity index is 1.95. The molecule has 18 heavy (non-hydrogen) atoms. The Kier molecular flexibility index (Phi) is 4.19. The molecule has 0 aliphatic carbocycles. The molecule has 1 aliphatic heterocycles. The van der Waals surface area contributed by atoms with E-state index in [4.69, 9.17) is 4.42 Å². The number of anilines is 1. The molecular weight excluding hydrogens is 234 g/mol. The van der Waals surface area contributed by atoms with Crippen molar-refractivity contribution in [2.45, 2.75) is 32.3 Å².